The molecule has 1 unspecified atom stereocenters. The molecule has 2 aromatic rings. The van der Waals surface area contributed by atoms with Crippen LogP contribution in [0.3, 0.4) is 0 Å². The quantitative estimate of drug-likeness (QED) is 0.856. The highest BCUT2D eigenvalue weighted by Crippen LogP contribution is 2.27. The van der Waals surface area contributed by atoms with Crippen LogP contribution >= 0.6 is 11.5 Å². The minimum absolute atomic E-state index is 0.0106. The second kappa shape index (κ2) is 7.17. The Hall–Kier alpha value is -1.50. The first-order valence-corrected chi connectivity index (χ1v) is 8.08. The van der Waals surface area contributed by atoms with Crippen LogP contribution < -0.4 is 10.1 Å². The molecular formula is C16H23N3O2S. The summed E-state index contributed by atoms with van der Waals surface area (Å²) in [7, 11) is 0. The number of hydrogen-bond donors (Lipinski definition) is 2. The van der Waals surface area contributed by atoms with Crippen molar-refractivity contribution < 1.29 is 9.84 Å². The van der Waals surface area contributed by atoms with Crippen molar-refractivity contribution in [2.24, 2.45) is 0 Å². The van der Waals surface area contributed by atoms with Crippen molar-refractivity contribution in [3.63, 3.8) is 0 Å². The third-order valence-electron chi connectivity index (χ3n) is 3.08. The highest BCUT2D eigenvalue weighted by Gasteiger charge is 2.12. The zero-order valence-corrected chi connectivity index (χ0v) is 14.3. The minimum atomic E-state index is -0.535. The monoisotopic (exact) mass is 321 g/mol. The molecule has 0 amide bonds. The van der Waals surface area contributed by atoms with Gasteiger partial charge in [-0.25, -0.2) is 0 Å². The lowest BCUT2D eigenvalue weighted by atomic mass is 10.1. The molecule has 0 bridgehead atoms. The molecule has 5 nitrogen and oxygen atoms in total. The van der Waals surface area contributed by atoms with Gasteiger partial charge in [-0.3, -0.25) is 0 Å². The molecule has 1 atom stereocenters. The number of rotatable bonds is 6. The fraction of sp³-hybridized carbons (Fsp3) is 0.500. The van der Waals surface area contributed by atoms with Crippen LogP contribution in [0.5, 0.6) is 5.75 Å². The van der Waals surface area contributed by atoms with Crippen LogP contribution in [-0.4, -0.2) is 39.5 Å². The number of aliphatic hydroxyl groups excluding tert-OH is 1. The summed E-state index contributed by atoms with van der Waals surface area (Å²) in [6, 6.07) is 7.77. The zero-order valence-electron chi connectivity index (χ0n) is 13.5. The summed E-state index contributed by atoms with van der Waals surface area (Å²) in [6.07, 6.45) is -0.535. The van der Waals surface area contributed by atoms with Crippen molar-refractivity contribution in [3.8, 4) is 16.2 Å². The van der Waals surface area contributed by atoms with Crippen LogP contribution in [0.1, 0.15) is 26.5 Å². The molecule has 6 heteroatoms. The van der Waals surface area contributed by atoms with Gasteiger partial charge >= 0.3 is 0 Å². The highest BCUT2D eigenvalue weighted by molar-refractivity contribution is 7.09. The summed E-state index contributed by atoms with van der Waals surface area (Å²) >= 11 is 1.39. The lowest BCUT2D eigenvalue weighted by Crippen LogP contribution is -2.42. The van der Waals surface area contributed by atoms with E-state index in [2.05, 4.69) is 35.7 Å². The van der Waals surface area contributed by atoms with Gasteiger partial charge in [0.25, 0.3) is 0 Å². The molecule has 1 aromatic carbocycles. The van der Waals surface area contributed by atoms with Gasteiger partial charge in [0.15, 0.2) is 0 Å². The SMILES string of the molecule is Cc1nnsc1-c1ccc(OCC(O)CNC(C)(C)C)cc1. The van der Waals surface area contributed by atoms with Crippen LogP contribution in [0.25, 0.3) is 10.4 Å². The Balaban J connectivity index is 1.85. The van der Waals surface area contributed by atoms with Crippen LogP contribution in [0.15, 0.2) is 24.3 Å². The number of nitrogens with zero attached hydrogens (tertiary/aromatic N) is 2. The van der Waals surface area contributed by atoms with Crippen molar-refractivity contribution in [1.82, 2.24) is 14.9 Å². The van der Waals surface area contributed by atoms with Crippen LogP contribution in [0.2, 0.25) is 0 Å². The summed E-state index contributed by atoms with van der Waals surface area (Å²) < 4.78 is 9.56. The zero-order chi connectivity index (χ0) is 16.2. The van der Waals surface area contributed by atoms with E-state index in [4.69, 9.17) is 4.74 Å². The fourth-order valence-electron chi connectivity index (χ4n) is 1.87. The van der Waals surface area contributed by atoms with Gasteiger partial charge in [0, 0.05) is 12.1 Å². The van der Waals surface area contributed by atoms with E-state index < -0.39 is 6.10 Å². The van der Waals surface area contributed by atoms with E-state index in [1.54, 1.807) is 0 Å². The smallest absolute Gasteiger partial charge is 0.119 e. The van der Waals surface area contributed by atoms with E-state index in [0.29, 0.717) is 6.54 Å². The van der Waals surface area contributed by atoms with Gasteiger partial charge in [0.05, 0.1) is 10.6 Å². The second-order valence-electron chi connectivity index (χ2n) is 6.31. The molecule has 0 saturated carbocycles. The Bertz CT molecular complexity index is 590. The van der Waals surface area contributed by atoms with Crippen molar-refractivity contribution in [3.05, 3.63) is 30.0 Å². The first-order chi connectivity index (χ1) is 10.3. The number of β-amino-alcohol motifs (C(OH)–C–C–N with tert-alkyl or cyclic N) is 1. The second-order valence-corrected chi connectivity index (χ2v) is 7.06. The molecule has 0 spiro atoms. The summed E-state index contributed by atoms with van der Waals surface area (Å²) in [5, 5.41) is 17.2. The van der Waals surface area contributed by atoms with Gasteiger partial charge in [-0.2, -0.15) is 0 Å². The maximum Gasteiger partial charge on any atom is 0.119 e. The minimum Gasteiger partial charge on any atom is -0.491 e. The third kappa shape index (κ3) is 5.05. The molecule has 2 N–H and O–H groups in total. The van der Waals surface area contributed by atoms with Gasteiger partial charge < -0.3 is 15.2 Å². The Labute approximate surface area is 135 Å². The molecule has 0 aliphatic carbocycles. The Morgan fingerprint density at radius 3 is 2.50 bits per heavy atom. The molecular weight excluding hydrogens is 298 g/mol. The number of ether oxygens (including phenoxy) is 1. The van der Waals surface area contributed by atoms with E-state index in [-0.39, 0.29) is 12.1 Å². The molecule has 0 aliphatic heterocycles. The first kappa shape index (κ1) is 16.9. The van der Waals surface area contributed by atoms with E-state index in [9.17, 15) is 5.11 Å². The van der Waals surface area contributed by atoms with E-state index in [1.165, 1.54) is 11.5 Å². The van der Waals surface area contributed by atoms with Gasteiger partial charge in [0.2, 0.25) is 0 Å². The number of benzene rings is 1. The van der Waals surface area contributed by atoms with Crippen molar-refractivity contribution in [2.45, 2.75) is 39.3 Å². The van der Waals surface area contributed by atoms with Crippen LogP contribution in [-0.2, 0) is 0 Å². The first-order valence-electron chi connectivity index (χ1n) is 7.30. The predicted octanol–water partition coefficient (Wildman–Crippen LogP) is 2.64. The molecule has 1 heterocycles. The molecule has 22 heavy (non-hydrogen) atoms. The van der Waals surface area contributed by atoms with Gasteiger partial charge in [-0.05, 0) is 69.1 Å². The summed E-state index contributed by atoms with van der Waals surface area (Å²) in [5.41, 5.74) is 2.00. The standard InChI is InChI=1S/C16H23N3O2S/c1-11-15(22-19-18-11)12-5-7-14(8-6-12)21-10-13(20)9-17-16(2,3)4/h5-8,13,17,20H,9-10H2,1-4H3. The largest absolute Gasteiger partial charge is 0.491 e. The van der Waals surface area contributed by atoms with Crippen molar-refractivity contribution in [1.29, 1.82) is 0 Å². The fourth-order valence-corrected chi connectivity index (χ4v) is 2.53. The van der Waals surface area contributed by atoms with E-state index >= 15 is 0 Å². The van der Waals surface area contributed by atoms with E-state index in [0.717, 1.165) is 21.9 Å². The number of nitrogens with one attached hydrogen (secondary N) is 1. The molecule has 0 aliphatic rings. The number of aryl methyl sites for hydroxylation is 1. The Kier molecular flexibility index (Phi) is 5.50. The number of hydrogen-bond acceptors (Lipinski definition) is 6. The van der Waals surface area contributed by atoms with Gasteiger partial charge in [-0.1, -0.05) is 4.49 Å². The normalized spacial score (nSPS) is 13.1. The molecule has 0 fully saturated rings. The topological polar surface area (TPSA) is 67.3 Å². The van der Waals surface area contributed by atoms with Gasteiger partial charge in [0.1, 0.15) is 18.5 Å². The summed E-state index contributed by atoms with van der Waals surface area (Å²) in [5.74, 6) is 0.744. The molecule has 1 aromatic heterocycles. The molecule has 0 radical (unpaired) electrons. The van der Waals surface area contributed by atoms with Crippen LogP contribution in [0, 0.1) is 6.92 Å². The van der Waals surface area contributed by atoms with Crippen LogP contribution in [0.4, 0.5) is 0 Å². The lowest BCUT2D eigenvalue weighted by molar-refractivity contribution is 0.100. The lowest BCUT2D eigenvalue weighted by Gasteiger charge is -2.22. The maximum absolute atomic E-state index is 9.91. The third-order valence-corrected chi connectivity index (χ3v) is 3.96. The van der Waals surface area contributed by atoms with Crippen molar-refractivity contribution in [2.75, 3.05) is 13.2 Å². The summed E-state index contributed by atoms with van der Waals surface area (Å²) in [6.45, 7) is 8.92. The predicted molar refractivity (Wildman–Crippen MR) is 89.3 cm³/mol. The highest BCUT2D eigenvalue weighted by atomic mass is 32.1. The van der Waals surface area contributed by atoms with E-state index in [1.807, 2.05) is 31.2 Å². The molecule has 2 rings (SSSR count). The average Bonchev–Trinajstić information content (AvgIpc) is 2.89. The molecule has 0 saturated heterocycles. The van der Waals surface area contributed by atoms with Gasteiger partial charge in [-0.15, -0.1) is 5.10 Å². The number of aliphatic hydroxyl groups is 1. The Morgan fingerprint density at radius 1 is 1.27 bits per heavy atom. The average molecular weight is 321 g/mol. The van der Waals surface area contributed by atoms with Crippen molar-refractivity contribution >= 4 is 11.5 Å². The number of aromatic nitrogens is 2. The maximum atomic E-state index is 9.91. The summed E-state index contributed by atoms with van der Waals surface area (Å²) in [4.78, 5) is 1.07. The molecule has 120 valence electrons. The Morgan fingerprint density at radius 2 is 1.95 bits per heavy atom.